The van der Waals surface area contributed by atoms with Crippen LogP contribution in [-0.4, -0.2) is 31.5 Å². The van der Waals surface area contributed by atoms with Gasteiger partial charge < -0.3 is 14.7 Å². The highest BCUT2D eigenvalue weighted by Crippen LogP contribution is 2.33. The summed E-state index contributed by atoms with van der Waals surface area (Å²) >= 11 is 0. The lowest BCUT2D eigenvalue weighted by molar-refractivity contribution is -0.0478. The molecule has 0 unspecified atom stereocenters. The zero-order valence-electron chi connectivity index (χ0n) is 15.0. The Kier molecular flexibility index (Phi) is 3.75. The van der Waals surface area contributed by atoms with Gasteiger partial charge in [0.05, 0.1) is 29.2 Å². The largest absolute Gasteiger partial charge is 0.388 e. The lowest BCUT2D eigenvalue weighted by atomic mass is 9.80. The maximum absolute atomic E-state index is 13.4. The van der Waals surface area contributed by atoms with Crippen molar-refractivity contribution >= 4 is 23.2 Å². The van der Waals surface area contributed by atoms with Crippen molar-refractivity contribution in [1.29, 1.82) is 0 Å². The molecule has 6 heteroatoms. The van der Waals surface area contributed by atoms with Gasteiger partial charge in [-0.1, -0.05) is 6.08 Å². The van der Waals surface area contributed by atoms with Gasteiger partial charge in [0.25, 0.3) is 0 Å². The molecule has 3 aliphatic rings. The number of hydrogen-bond donors (Lipinski definition) is 2. The van der Waals surface area contributed by atoms with Crippen LogP contribution < -0.4 is 10.7 Å². The second-order valence-corrected chi connectivity index (χ2v) is 7.53. The van der Waals surface area contributed by atoms with Crippen LogP contribution in [0, 0.1) is 0 Å². The first-order valence-corrected chi connectivity index (χ1v) is 9.37. The molecule has 2 aromatic rings. The van der Waals surface area contributed by atoms with Crippen LogP contribution in [-0.2, 0) is 6.54 Å². The summed E-state index contributed by atoms with van der Waals surface area (Å²) in [6.45, 7) is 0.525. The zero-order chi connectivity index (χ0) is 18.4. The standard InChI is InChI=1S/C21H21FN4O/c22-15-4-2-14(3-5-15)18-19(16-6-10-23-20-17(16)7-11-24-20)26(13-25-18)12-21(27)8-1-9-21/h2,4-5,7,10-11,13,24,27H,1,3,6,8-9,12H2. The summed E-state index contributed by atoms with van der Waals surface area (Å²) in [5.41, 5.74) is 2.52. The molecule has 1 aliphatic heterocycles. The first kappa shape index (κ1) is 16.4. The van der Waals surface area contributed by atoms with Gasteiger partial charge in [-0.05, 0) is 55.0 Å². The average Bonchev–Trinajstić information content (AvgIpc) is 3.28. The molecule has 0 bridgehead atoms. The Hall–Kier alpha value is -2.73. The van der Waals surface area contributed by atoms with E-state index in [0.29, 0.717) is 19.4 Å². The molecule has 27 heavy (non-hydrogen) atoms. The first-order valence-electron chi connectivity index (χ1n) is 9.37. The number of aliphatic hydroxyl groups is 1. The Bertz CT molecular complexity index is 1110. The summed E-state index contributed by atoms with van der Waals surface area (Å²) in [5, 5.41) is 12.6. The minimum absolute atomic E-state index is 0.214. The Balaban J connectivity index is 1.77. The van der Waals surface area contributed by atoms with Crippen molar-refractivity contribution in [2.24, 2.45) is 4.99 Å². The number of imidazole rings is 1. The van der Waals surface area contributed by atoms with Gasteiger partial charge in [-0.25, -0.2) is 14.4 Å². The number of aromatic amines is 1. The summed E-state index contributed by atoms with van der Waals surface area (Å²) in [6, 6.07) is 2.03. The summed E-state index contributed by atoms with van der Waals surface area (Å²) in [6.07, 6.45) is 14.4. The lowest BCUT2D eigenvalue weighted by Gasteiger charge is -2.36. The average molecular weight is 364 g/mol. The number of nitrogens with zero attached hydrogens (tertiary/aromatic N) is 3. The SMILES string of the molecule is OC1(Cn2cnc(=C3C=CC(F)=CC3)c2=C2CC=Nc3[nH]ccc32)CCC1. The summed E-state index contributed by atoms with van der Waals surface area (Å²) in [4.78, 5) is 12.3. The van der Waals surface area contributed by atoms with Crippen molar-refractivity contribution in [2.75, 3.05) is 0 Å². The van der Waals surface area contributed by atoms with Crippen molar-refractivity contribution in [1.82, 2.24) is 14.5 Å². The smallest absolute Gasteiger partial charge is 0.137 e. The van der Waals surface area contributed by atoms with E-state index in [4.69, 9.17) is 0 Å². The van der Waals surface area contributed by atoms with Crippen LogP contribution in [0.1, 0.15) is 37.7 Å². The van der Waals surface area contributed by atoms with Crippen LogP contribution in [0.25, 0.3) is 11.1 Å². The molecular weight excluding hydrogens is 343 g/mol. The minimum Gasteiger partial charge on any atom is -0.388 e. The third-order valence-corrected chi connectivity index (χ3v) is 5.70. The molecule has 2 aromatic heterocycles. The van der Waals surface area contributed by atoms with Gasteiger partial charge in [0.15, 0.2) is 0 Å². The topological polar surface area (TPSA) is 66.2 Å². The first-order chi connectivity index (χ1) is 13.1. The van der Waals surface area contributed by atoms with Gasteiger partial charge in [0.1, 0.15) is 11.6 Å². The second kappa shape index (κ2) is 6.16. The fourth-order valence-electron chi connectivity index (χ4n) is 4.09. The van der Waals surface area contributed by atoms with Gasteiger partial charge in [-0.15, -0.1) is 0 Å². The van der Waals surface area contributed by atoms with E-state index in [2.05, 4.69) is 19.5 Å². The number of hydrogen-bond acceptors (Lipinski definition) is 3. The van der Waals surface area contributed by atoms with E-state index < -0.39 is 5.60 Å². The van der Waals surface area contributed by atoms with E-state index in [1.54, 1.807) is 12.2 Å². The Morgan fingerprint density at radius 1 is 1.26 bits per heavy atom. The molecule has 1 saturated carbocycles. The number of halogens is 1. The number of rotatable bonds is 2. The molecule has 1 fully saturated rings. The molecule has 0 atom stereocenters. The second-order valence-electron chi connectivity index (χ2n) is 7.53. The van der Waals surface area contributed by atoms with Gasteiger partial charge in [-0.3, -0.25) is 0 Å². The fraction of sp³-hybridized carbons (Fsp3) is 0.333. The maximum atomic E-state index is 13.4. The Labute approximate surface area is 156 Å². The van der Waals surface area contributed by atoms with Gasteiger partial charge >= 0.3 is 0 Å². The Morgan fingerprint density at radius 2 is 2.15 bits per heavy atom. The van der Waals surface area contributed by atoms with Crippen molar-refractivity contribution in [3.05, 3.63) is 58.9 Å². The Morgan fingerprint density at radius 3 is 2.89 bits per heavy atom. The monoisotopic (exact) mass is 364 g/mol. The number of aliphatic imine (C=N–C) groups is 1. The van der Waals surface area contributed by atoms with E-state index in [1.807, 2.05) is 24.8 Å². The number of H-pyrrole nitrogens is 1. The highest BCUT2D eigenvalue weighted by atomic mass is 19.1. The summed E-state index contributed by atoms with van der Waals surface area (Å²) in [5.74, 6) is 0.626. The van der Waals surface area contributed by atoms with Crippen LogP contribution in [0.4, 0.5) is 10.2 Å². The third-order valence-electron chi connectivity index (χ3n) is 5.70. The molecule has 0 aromatic carbocycles. The van der Waals surface area contributed by atoms with Gasteiger partial charge in [0.2, 0.25) is 0 Å². The third kappa shape index (κ3) is 2.80. The molecule has 0 radical (unpaired) electrons. The lowest BCUT2D eigenvalue weighted by Crippen LogP contribution is -2.45. The number of aromatic nitrogens is 3. The highest BCUT2D eigenvalue weighted by Gasteiger charge is 2.35. The van der Waals surface area contributed by atoms with E-state index in [9.17, 15) is 9.50 Å². The van der Waals surface area contributed by atoms with E-state index in [0.717, 1.165) is 52.5 Å². The summed E-state index contributed by atoms with van der Waals surface area (Å²) in [7, 11) is 0. The van der Waals surface area contributed by atoms with Crippen LogP contribution in [0.3, 0.4) is 0 Å². The number of fused-ring (bicyclic) bond motifs is 1. The molecule has 3 heterocycles. The molecule has 0 spiro atoms. The van der Waals surface area contributed by atoms with Crippen LogP contribution in [0.5, 0.6) is 0 Å². The molecular formula is C21H21FN4O. The van der Waals surface area contributed by atoms with Crippen LogP contribution in [0.2, 0.25) is 0 Å². The highest BCUT2D eigenvalue weighted by molar-refractivity contribution is 5.88. The summed E-state index contributed by atoms with van der Waals surface area (Å²) < 4.78 is 15.5. The van der Waals surface area contributed by atoms with E-state index >= 15 is 0 Å². The van der Waals surface area contributed by atoms with E-state index in [1.165, 1.54) is 6.08 Å². The van der Waals surface area contributed by atoms with E-state index in [-0.39, 0.29) is 5.83 Å². The minimum atomic E-state index is -0.657. The molecule has 0 amide bonds. The predicted molar refractivity (Wildman–Crippen MR) is 103 cm³/mol. The van der Waals surface area contributed by atoms with Gasteiger partial charge in [-0.2, -0.15) is 0 Å². The fourth-order valence-corrected chi connectivity index (χ4v) is 4.09. The normalized spacial score (nSPS) is 24.4. The van der Waals surface area contributed by atoms with Crippen molar-refractivity contribution < 1.29 is 9.50 Å². The number of nitrogens with one attached hydrogen (secondary N) is 1. The predicted octanol–water partition coefficient (Wildman–Crippen LogP) is 2.40. The van der Waals surface area contributed by atoms with Crippen molar-refractivity contribution in [3.63, 3.8) is 0 Å². The van der Waals surface area contributed by atoms with Crippen LogP contribution in [0.15, 0.2) is 47.6 Å². The molecule has 5 rings (SSSR count). The quantitative estimate of drug-likeness (QED) is 0.859. The molecule has 2 N–H and O–H groups in total. The van der Waals surface area contributed by atoms with Crippen molar-refractivity contribution in [3.8, 4) is 0 Å². The maximum Gasteiger partial charge on any atom is 0.137 e. The number of allylic oxidation sites excluding steroid dienone is 4. The molecule has 2 aliphatic carbocycles. The van der Waals surface area contributed by atoms with Gasteiger partial charge in [0, 0.05) is 24.4 Å². The zero-order valence-corrected chi connectivity index (χ0v) is 15.0. The molecule has 0 saturated heterocycles. The van der Waals surface area contributed by atoms with Crippen molar-refractivity contribution in [2.45, 2.75) is 44.2 Å². The van der Waals surface area contributed by atoms with Crippen LogP contribution >= 0.6 is 0 Å². The molecule has 5 nitrogen and oxygen atoms in total. The molecule has 138 valence electrons.